The largest absolute Gasteiger partial charge is 0.366 e. The number of carbonyl (C=O) groups excluding carboxylic acids is 1. The second-order valence-corrected chi connectivity index (χ2v) is 10.0. The van der Waals surface area contributed by atoms with Gasteiger partial charge in [0, 0.05) is 0 Å². The monoisotopic (exact) mass is 417 g/mol. The predicted molar refractivity (Wildman–Crippen MR) is 123 cm³/mol. The van der Waals surface area contributed by atoms with Gasteiger partial charge in [0.05, 0.1) is 11.5 Å². The first-order valence-corrected chi connectivity index (χ1v) is 13.3. The Bertz CT molecular complexity index is 421. The van der Waals surface area contributed by atoms with Gasteiger partial charge in [0.2, 0.25) is 5.91 Å². The molecule has 0 saturated carbocycles. The number of amides is 1. The molecular formula is C23H47NO3S. The fourth-order valence-electron chi connectivity index (χ4n) is 3.01. The van der Waals surface area contributed by atoms with E-state index in [0.29, 0.717) is 11.5 Å². The molecule has 0 radical (unpaired) electrons. The zero-order valence-corrected chi connectivity index (χ0v) is 19.5. The average Bonchev–Trinajstić information content (AvgIpc) is 2.66. The van der Waals surface area contributed by atoms with E-state index in [-0.39, 0.29) is 0 Å². The quantitative estimate of drug-likeness (QED) is 0.197. The minimum Gasteiger partial charge on any atom is -0.366 e. The van der Waals surface area contributed by atoms with Gasteiger partial charge in [-0.3, -0.25) is 4.79 Å². The molecule has 0 heterocycles. The molecule has 0 aromatic rings. The molecule has 168 valence electrons. The number of primary amides is 1. The Balaban J connectivity index is 0. The van der Waals surface area contributed by atoms with Crippen molar-refractivity contribution in [1.29, 1.82) is 0 Å². The first-order valence-electron chi connectivity index (χ1n) is 11.5. The van der Waals surface area contributed by atoms with E-state index >= 15 is 0 Å². The van der Waals surface area contributed by atoms with Gasteiger partial charge in [-0.15, -0.1) is 0 Å². The van der Waals surface area contributed by atoms with Crippen LogP contribution < -0.4 is 5.73 Å². The Morgan fingerprint density at radius 1 is 0.679 bits per heavy atom. The molecule has 0 spiro atoms. The lowest BCUT2D eigenvalue weighted by atomic mass is 10.1. The lowest BCUT2D eigenvalue weighted by Crippen LogP contribution is -2.11. The molecule has 0 unspecified atom stereocenters. The first-order chi connectivity index (χ1) is 13.4. The van der Waals surface area contributed by atoms with Gasteiger partial charge in [0.1, 0.15) is 9.84 Å². The van der Waals surface area contributed by atoms with Crippen molar-refractivity contribution in [3.05, 3.63) is 12.7 Å². The van der Waals surface area contributed by atoms with Gasteiger partial charge in [0.25, 0.3) is 0 Å². The lowest BCUT2D eigenvalue weighted by Gasteiger charge is -2.05. The zero-order chi connectivity index (χ0) is 21.5. The molecule has 0 aliphatic carbocycles. The van der Waals surface area contributed by atoms with E-state index in [4.69, 9.17) is 0 Å². The summed E-state index contributed by atoms with van der Waals surface area (Å²) in [7, 11) is -2.78. The standard InChI is InChI=1S/C20H42O2S.C3H5NO/c1-3-5-7-9-11-13-15-17-19-23(21,22)20-18-16-14-12-10-8-6-4-2;1-2-3(4)5/h3-20H2,1-2H3;2H,1H2,(H2,4,5). The molecule has 28 heavy (non-hydrogen) atoms. The van der Waals surface area contributed by atoms with Crippen LogP contribution in [0.4, 0.5) is 0 Å². The summed E-state index contributed by atoms with van der Waals surface area (Å²) >= 11 is 0. The third-order valence-electron chi connectivity index (χ3n) is 4.82. The van der Waals surface area contributed by atoms with Crippen molar-refractivity contribution >= 4 is 15.7 Å². The number of rotatable bonds is 19. The highest BCUT2D eigenvalue weighted by molar-refractivity contribution is 7.91. The van der Waals surface area contributed by atoms with E-state index < -0.39 is 15.7 Å². The summed E-state index contributed by atoms with van der Waals surface area (Å²) in [6.07, 6.45) is 20.5. The Labute approximate surface area is 175 Å². The minimum atomic E-state index is -2.78. The fraction of sp³-hybridized carbons (Fsp3) is 0.870. The molecule has 4 nitrogen and oxygen atoms in total. The highest BCUT2D eigenvalue weighted by Gasteiger charge is 2.09. The molecule has 0 rings (SSSR count). The highest BCUT2D eigenvalue weighted by Crippen LogP contribution is 2.12. The Kier molecular flexibility index (Phi) is 23.5. The number of hydrogen-bond acceptors (Lipinski definition) is 3. The van der Waals surface area contributed by atoms with Gasteiger partial charge in [-0.2, -0.15) is 0 Å². The second-order valence-electron chi connectivity index (χ2n) is 7.71. The molecule has 0 aromatic carbocycles. The topological polar surface area (TPSA) is 77.2 Å². The van der Waals surface area contributed by atoms with Crippen LogP contribution in [0.5, 0.6) is 0 Å². The van der Waals surface area contributed by atoms with Crippen molar-refractivity contribution in [2.45, 2.75) is 117 Å². The molecular weight excluding hydrogens is 370 g/mol. The summed E-state index contributed by atoms with van der Waals surface area (Å²) in [5.74, 6) is 0.349. The van der Waals surface area contributed by atoms with Crippen LogP contribution in [0, 0.1) is 0 Å². The second kappa shape index (κ2) is 22.4. The molecule has 1 amide bonds. The van der Waals surface area contributed by atoms with Crippen molar-refractivity contribution in [3.63, 3.8) is 0 Å². The van der Waals surface area contributed by atoms with Crippen LogP contribution in [-0.4, -0.2) is 25.8 Å². The smallest absolute Gasteiger partial charge is 0.240 e. The third-order valence-corrected chi connectivity index (χ3v) is 6.64. The number of hydrogen-bond donors (Lipinski definition) is 1. The highest BCUT2D eigenvalue weighted by atomic mass is 32.2. The van der Waals surface area contributed by atoms with Gasteiger partial charge in [-0.05, 0) is 18.9 Å². The van der Waals surface area contributed by atoms with Crippen molar-refractivity contribution in [2.75, 3.05) is 11.5 Å². The van der Waals surface area contributed by atoms with Crippen LogP contribution in [0.15, 0.2) is 12.7 Å². The summed E-state index contributed by atoms with van der Waals surface area (Å²) in [6, 6.07) is 0. The predicted octanol–water partition coefficient (Wildman–Crippen LogP) is 6.34. The van der Waals surface area contributed by atoms with Gasteiger partial charge in [-0.25, -0.2) is 8.42 Å². The maximum atomic E-state index is 12.0. The molecule has 0 atom stereocenters. The van der Waals surface area contributed by atoms with Gasteiger partial charge in [-0.1, -0.05) is 110 Å². The summed E-state index contributed by atoms with van der Waals surface area (Å²) in [6.45, 7) is 7.55. The van der Waals surface area contributed by atoms with Crippen LogP contribution in [-0.2, 0) is 14.6 Å². The molecule has 0 aliphatic rings. The van der Waals surface area contributed by atoms with Crippen molar-refractivity contribution in [3.8, 4) is 0 Å². The summed E-state index contributed by atoms with van der Waals surface area (Å²) in [5, 5.41) is 0. The van der Waals surface area contributed by atoms with Gasteiger partial charge < -0.3 is 5.73 Å². The normalized spacial score (nSPS) is 10.9. The van der Waals surface area contributed by atoms with Gasteiger partial charge >= 0.3 is 0 Å². The number of unbranched alkanes of at least 4 members (excludes halogenated alkanes) is 14. The number of sulfone groups is 1. The van der Waals surface area contributed by atoms with Crippen LogP contribution in [0.25, 0.3) is 0 Å². The van der Waals surface area contributed by atoms with Crippen molar-refractivity contribution < 1.29 is 13.2 Å². The zero-order valence-electron chi connectivity index (χ0n) is 18.7. The average molecular weight is 418 g/mol. The first kappa shape index (κ1) is 29.4. The molecule has 0 aromatic heterocycles. The minimum absolute atomic E-state index is 0.415. The molecule has 0 saturated heterocycles. The Morgan fingerprint density at radius 2 is 0.929 bits per heavy atom. The van der Waals surface area contributed by atoms with E-state index in [1.807, 2.05) is 0 Å². The molecule has 0 bridgehead atoms. The molecule has 0 aliphatic heterocycles. The number of nitrogens with two attached hydrogens (primary N) is 1. The maximum absolute atomic E-state index is 12.0. The SMILES string of the molecule is C=CC(N)=O.CCCCCCCCCCS(=O)(=O)CCCCCCCCCC. The van der Waals surface area contributed by atoms with E-state index in [9.17, 15) is 13.2 Å². The van der Waals surface area contributed by atoms with Crippen LogP contribution >= 0.6 is 0 Å². The molecule has 5 heteroatoms. The fourth-order valence-corrected chi connectivity index (χ4v) is 4.51. The summed E-state index contributed by atoms with van der Waals surface area (Å²) in [4.78, 5) is 9.47. The Morgan fingerprint density at radius 3 is 1.18 bits per heavy atom. The van der Waals surface area contributed by atoms with Crippen LogP contribution in [0.3, 0.4) is 0 Å². The third kappa shape index (κ3) is 27.4. The van der Waals surface area contributed by atoms with E-state index in [1.54, 1.807) is 0 Å². The van der Waals surface area contributed by atoms with Crippen LogP contribution in [0.1, 0.15) is 117 Å². The van der Waals surface area contributed by atoms with Crippen molar-refractivity contribution in [2.24, 2.45) is 5.73 Å². The van der Waals surface area contributed by atoms with Gasteiger partial charge in [0.15, 0.2) is 0 Å². The summed E-state index contributed by atoms with van der Waals surface area (Å²) in [5.41, 5.74) is 4.53. The van der Waals surface area contributed by atoms with E-state index in [1.165, 1.54) is 77.0 Å². The number of carbonyl (C=O) groups is 1. The maximum Gasteiger partial charge on any atom is 0.240 e. The molecule has 2 N–H and O–H groups in total. The molecule has 0 fully saturated rings. The van der Waals surface area contributed by atoms with E-state index in [0.717, 1.165) is 31.8 Å². The van der Waals surface area contributed by atoms with E-state index in [2.05, 4.69) is 26.2 Å². The lowest BCUT2D eigenvalue weighted by molar-refractivity contribution is -0.113. The van der Waals surface area contributed by atoms with Crippen LogP contribution in [0.2, 0.25) is 0 Å². The summed E-state index contributed by atoms with van der Waals surface area (Å²) < 4.78 is 24.0. The van der Waals surface area contributed by atoms with Crippen molar-refractivity contribution in [1.82, 2.24) is 0 Å². The Hall–Kier alpha value is -0.840.